The third-order valence-corrected chi connectivity index (χ3v) is 3.31. The van der Waals surface area contributed by atoms with Crippen molar-refractivity contribution in [1.29, 1.82) is 0 Å². The molecular weight excluding hydrogens is 222 g/mol. The molecule has 0 fully saturated rings. The van der Waals surface area contributed by atoms with Crippen molar-refractivity contribution < 1.29 is 0 Å². The van der Waals surface area contributed by atoms with E-state index in [4.69, 9.17) is 11.6 Å². The first-order valence-electron chi connectivity index (χ1n) is 5.40. The van der Waals surface area contributed by atoms with Gasteiger partial charge in [-0.05, 0) is 38.1 Å². The maximum absolute atomic E-state index is 6.17. The highest BCUT2D eigenvalue weighted by Crippen LogP contribution is 2.23. The van der Waals surface area contributed by atoms with E-state index in [0.29, 0.717) is 11.2 Å². The number of nitrogens with zero attached hydrogens (tertiary/aromatic N) is 2. The van der Waals surface area contributed by atoms with Crippen LogP contribution in [0.25, 0.3) is 10.9 Å². The van der Waals surface area contributed by atoms with Crippen molar-refractivity contribution in [3.63, 3.8) is 0 Å². The standard InChI is InChI=1S/C12H16ClN3/c1-8(14-2)6-9-4-5-11-10(7-9)12(13)16(3)15-11/h4-5,7-8,14H,6H2,1-3H3. The van der Waals surface area contributed by atoms with Gasteiger partial charge in [-0.3, -0.25) is 4.68 Å². The van der Waals surface area contributed by atoms with Crippen molar-refractivity contribution in [2.45, 2.75) is 19.4 Å². The molecule has 3 nitrogen and oxygen atoms in total. The van der Waals surface area contributed by atoms with Crippen LogP contribution in [0.3, 0.4) is 0 Å². The number of hydrogen-bond donors (Lipinski definition) is 1. The number of benzene rings is 1. The summed E-state index contributed by atoms with van der Waals surface area (Å²) in [5.74, 6) is 0. The van der Waals surface area contributed by atoms with E-state index in [1.807, 2.05) is 20.2 Å². The van der Waals surface area contributed by atoms with Gasteiger partial charge in [-0.25, -0.2) is 0 Å². The Bertz CT molecular complexity index is 504. The van der Waals surface area contributed by atoms with Crippen molar-refractivity contribution in [2.75, 3.05) is 7.05 Å². The first kappa shape index (κ1) is 11.4. The van der Waals surface area contributed by atoms with E-state index in [1.54, 1.807) is 4.68 Å². The third-order valence-electron chi connectivity index (χ3n) is 2.86. The minimum atomic E-state index is 0.466. The monoisotopic (exact) mass is 237 g/mol. The molecule has 0 saturated carbocycles. The van der Waals surface area contributed by atoms with Crippen molar-refractivity contribution in [3.8, 4) is 0 Å². The van der Waals surface area contributed by atoms with E-state index >= 15 is 0 Å². The maximum Gasteiger partial charge on any atom is 0.134 e. The molecule has 4 heteroatoms. The van der Waals surface area contributed by atoms with Crippen LogP contribution in [0.15, 0.2) is 18.2 Å². The zero-order valence-electron chi connectivity index (χ0n) is 9.79. The summed E-state index contributed by atoms with van der Waals surface area (Å²) in [6, 6.07) is 6.73. The van der Waals surface area contributed by atoms with Crippen molar-refractivity contribution in [1.82, 2.24) is 15.1 Å². The molecule has 0 aliphatic carbocycles. The predicted molar refractivity (Wildman–Crippen MR) is 67.9 cm³/mol. The molecule has 0 amide bonds. The zero-order chi connectivity index (χ0) is 11.7. The van der Waals surface area contributed by atoms with Crippen LogP contribution in [0, 0.1) is 0 Å². The number of aromatic nitrogens is 2. The topological polar surface area (TPSA) is 29.9 Å². The van der Waals surface area contributed by atoms with Crippen LogP contribution in [-0.2, 0) is 13.5 Å². The molecule has 1 unspecified atom stereocenters. The van der Waals surface area contributed by atoms with Gasteiger partial charge >= 0.3 is 0 Å². The Morgan fingerprint density at radius 2 is 2.25 bits per heavy atom. The Hall–Kier alpha value is -1.06. The molecule has 2 aromatic rings. The van der Waals surface area contributed by atoms with Crippen LogP contribution in [0.4, 0.5) is 0 Å². The predicted octanol–water partition coefficient (Wildman–Crippen LogP) is 2.38. The largest absolute Gasteiger partial charge is 0.317 e. The summed E-state index contributed by atoms with van der Waals surface area (Å²) in [4.78, 5) is 0. The number of halogens is 1. The van der Waals surface area contributed by atoms with E-state index < -0.39 is 0 Å². The first-order valence-corrected chi connectivity index (χ1v) is 5.78. The van der Waals surface area contributed by atoms with Crippen LogP contribution in [0.1, 0.15) is 12.5 Å². The van der Waals surface area contributed by atoms with E-state index in [-0.39, 0.29) is 0 Å². The molecule has 16 heavy (non-hydrogen) atoms. The number of nitrogens with one attached hydrogen (secondary N) is 1. The van der Waals surface area contributed by atoms with Crippen molar-refractivity contribution in [2.24, 2.45) is 7.05 Å². The lowest BCUT2D eigenvalue weighted by molar-refractivity contribution is 0.609. The fraction of sp³-hybridized carbons (Fsp3) is 0.417. The van der Waals surface area contributed by atoms with Gasteiger partial charge in [0.1, 0.15) is 5.15 Å². The van der Waals surface area contributed by atoms with E-state index in [9.17, 15) is 0 Å². The normalized spacial score (nSPS) is 13.2. The molecule has 0 aliphatic heterocycles. The van der Waals surface area contributed by atoms with Crippen LogP contribution < -0.4 is 5.32 Å². The molecule has 1 N–H and O–H groups in total. The van der Waals surface area contributed by atoms with Gasteiger partial charge in [0.05, 0.1) is 5.52 Å². The number of rotatable bonds is 3. The first-order chi connectivity index (χ1) is 7.61. The highest BCUT2D eigenvalue weighted by molar-refractivity contribution is 6.34. The molecule has 86 valence electrons. The van der Waals surface area contributed by atoms with Gasteiger partial charge in [0.2, 0.25) is 0 Å². The van der Waals surface area contributed by atoms with Crippen molar-refractivity contribution >= 4 is 22.5 Å². The average Bonchev–Trinajstić information content (AvgIpc) is 2.55. The second kappa shape index (κ2) is 4.44. The molecule has 0 aliphatic rings. The van der Waals surface area contributed by atoms with Crippen LogP contribution in [-0.4, -0.2) is 22.9 Å². The second-order valence-electron chi connectivity index (χ2n) is 4.16. The smallest absolute Gasteiger partial charge is 0.134 e. The van der Waals surface area contributed by atoms with Gasteiger partial charge in [-0.1, -0.05) is 17.7 Å². The Morgan fingerprint density at radius 1 is 1.50 bits per heavy atom. The number of likely N-dealkylation sites (N-methyl/N-ethyl adjacent to an activating group) is 1. The number of aryl methyl sites for hydroxylation is 1. The minimum absolute atomic E-state index is 0.466. The van der Waals surface area contributed by atoms with Crippen LogP contribution >= 0.6 is 11.6 Å². The summed E-state index contributed by atoms with van der Waals surface area (Å²) in [5, 5.41) is 9.28. The van der Waals surface area contributed by atoms with Gasteiger partial charge < -0.3 is 5.32 Å². The molecule has 2 rings (SSSR count). The average molecular weight is 238 g/mol. The molecule has 1 aromatic heterocycles. The fourth-order valence-corrected chi connectivity index (χ4v) is 1.99. The molecule has 0 saturated heterocycles. The summed E-state index contributed by atoms with van der Waals surface area (Å²) in [5.41, 5.74) is 2.23. The lowest BCUT2D eigenvalue weighted by Gasteiger charge is -2.09. The molecular formula is C12H16ClN3. The lowest BCUT2D eigenvalue weighted by atomic mass is 10.1. The Morgan fingerprint density at radius 3 is 2.94 bits per heavy atom. The SMILES string of the molecule is CNC(C)Cc1ccc2nn(C)c(Cl)c2c1. The highest BCUT2D eigenvalue weighted by Gasteiger charge is 2.08. The lowest BCUT2D eigenvalue weighted by Crippen LogP contribution is -2.23. The van der Waals surface area contributed by atoms with Crippen LogP contribution in [0.2, 0.25) is 5.15 Å². The Balaban J connectivity index is 2.39. The Kier molecular flexibility index (Phi) is 3.17. The number of fused-ring (bicyclic) bond motifs is 1. The number of hydrogen-bond acceptors (Lipinski definition) is 2. The molecule has 0 spiro atoms. The molecule has 0 bridgehead atoms. The quantitative estimate of drug-likeness (QED) is 0.889. The summed E-state index contributed by atoms with van der Waals surface area (Å²) >= 11 is 6.17. The maximum atomic E-state index is 6.17. The summed E-state index contributed by atoms with van der Waals surface area (Å²) in [7, 11) is 3.83. The van der Waals surface area contributed by atoms with E-state index in [1.165, 1.54) is 5.56 Å². The zero-order valence-corrected chi connectivity index (χ0v) is 10.5. The van der Waals surface area contributed by atoms with Gasteiger partial charge in [-0.15, -0.1) is 0 Å². The molecule has 1 aromatic carbocycles. The van der Waals surface area contributed by atoms with Crippen LogP contribution in [0.5, 0.6) is 0 Å². The van der Waals surface area contributed by atoms with E-state index in [0.717, 1.165) is 17.3 Å². The Labute approximate surface area is 100 Å². The summed E-state index contributed by atoms with van der Waals surface area (Å²) in [6.07, 6.45) is 0.998. The van der Waals surface area contributed by atoms with Gasteiger partial charge in [-0.2, -0.15) is 5.10 Å². The highest BCUT2D eigenvalue weighted by atomic mass is 35.5. The molecule has 1 atom stereocenters. The van der Waals surface area contributed by atoms with Gasteiger partial charge in [0.15, 0.2) is 0 Å². The third kappa shape index (κ3) is 2.06. The summed E-state index contributed by atoms with van der Waals surface area (Å²) < 4.78 is 1.71. The second-order valence-corrected chi connectivity index (χ2v) is 4.52. The molecule has 0 radical (unpaired) electrons. The van der Waals surface area contributed by atoms with Crippen molar-refractivity contribution in [3.05, 3.63) is 28.9 Å². The summed E-state index contributed by atoms with van der Waals surface area (Å²) in [6.45, 7) is 2.16. The molecule has 1 heterocycles. The minimum Gasteiger partial charge on any atom is -0.317 e. The van der Waals surface area contributed by atoms with E-state index in [2.05, 4.69) is 29.5 Å². The fourth-order valence-electron chi connectivity index (χ4n) is 1.80. The van der Waals surface area contributed by atoms with Gasteiger partial charge in [0, 0.05) is 18.5 Å². The van der Waals surface area contributed by atoms with Gasteiger partial charge in [0.25, 0.3) is 0 Å².